The number of carbonyl (C=O) groups is 2. The van der Waals surface area contributed by atoms with E-state index in [1.807, 2.05) is 48.5 Å². The Balaban J connectivity index is 1.30. The van der Waals surface area contributed by atoms with Gasteiger partial charge in [0.2, 0.25) is 0 Å². The second-order valence-electron chi connectivity index (χ2n) is 21.8. The van der Waals surface area contributed by atoms with Crippen LogP contribution in [0.25, 0.3) is 0 Å². The highest BCUT2D eigenvalue weighted by atomic mass is 16.7. The summed E-state index contributed by atoms with van der Waals surface area (Å²) in [6, 6.07) is 0. The lowest BCUT2D eigenvalue weighted by atomic mass is 9.76. The summed E-state index contributed by atoms with van der Waals surface area (Å²) in [5.74, 6) is -8.77. The number of esters is 2. The molecule has 26 atom stereocenters. The van der Waals surface area contributed by atoms with E-state index < -0.39 is 151 Å². The lowest BCUT2D eigenvalue weighted by molar-refractivity contribution is -0.352. The van der Waals surface area contributed by atoms with Gasteiger partial charge in [0, 0.05) is 92.3 Å². The molecule has 18 heteroatoms. The molecule has 4 fully saturated rings. The van der Waals surface area contributed by atoms with Crippen molar-refractivity contribution in [2.75, 3.05) is 7.11 Å². The van der Waals surface area contributed by atoms with Crippen molar-refractivity contribution in [2.45, 2.75) is 231 Å². The maximum absolute atomic E-state index is 13.6. The van der Waals surface area contributed by atoms with Crippen molar-refractivity contribution in [3.05, 3.63) is 48.6 Å². The van der Waals surface area contributed by atoms with E-state index in [-0.39, 0.29) is 43.6 Å². The van der Waals surface area contributed by atoms with Gasteiger partial charge in [-0.3, -0.25) is 0 Å². The molecule has 5 rings (SSSR count). The summed E-state index contributed by atoms with van der Waals surface area (Å²) in [5, 5.41) is 77.8. The van der Waals surface area contributed by atoms with Crippen LogP contribution in [0.15, 0.2) is 48.6 Å². The fourth-order valence-electron chi connectivity index (χ4n) is 11.9. The molecular weight excluding hydrogens is 949 g/mol. The number of carbonyl (C=O) groups excluding carboxylic acids is 2. The summed E-state index contributed by atoms with van der Waals surface area (Å²) in [7, 11) is 1.52. The zero-order valence-electron chi connectivity index (χ0n) is 45.3. The molecule has 4 saturated heterocycles. The number of ether oxygens (including phenoxy) is 9. The Morgan fingerprint density at radius 2 is 1.03 bits per heavy atom. The van der Waals surface area contributed by atoms with Crippen LogP contribution in [0.3, 0.4) is 0 Å². The van der Waals surface area contributed by atoms with E-state index in [4.69, 9.17) is 42.6 Å². The average molecular weight is 1040 g/mol. The number of rotatable bonds is 15. The van der Waals surface area contributed by atoms with Crippen LogP contribution >= 0.6 is 0 Å². The Hall–Kier alpha value is -2.66. The van der Waals surface area contributed by atoms with E-state index in [0.29, 0.717) is 12.8 Å². The first kappa shape index (κ1) is 61.2. The van der Waals surface area contributed by atoms with Crippen molar-refractivity contribution in [1.29, 1.82) is 0 Å². The topological polar surface area (TPSA) is 259 Å². The minimum absolute atomic E-state index is 0.0207. The quantitative estimate of drug-likeness (QED) is 0.109. The number of hydrogen-bond donors (Lipinski definition) is 7. The molecule has 0 radical (unpaired) electrons. The van der Waals surface area contributed by atoms with Crippen molar-refractivity contribution in [1.82, 2.24) is 0 Å². The SMILES string of the molecule is CC[C@@H]1[C@@H](C)O[C@@](OC)([C@@H](C)[C@H](O)[C@H](C)[C@H]2OC(=O)/C=C/C=C/[C@H](C)[C@@H]([C@@H](C)[C@@H](O)[C@H](C)[C@@]3(O)C[C@@H](O[C@H]4C[C@H](O)[C@H](O)[C@H](C)O4)[C@H](CC)[C@@H](C)O3)OC(=O)/C=C/C=C/[C@@H]2C)C[C@H]1O[C@@H]1C[C@H](O)[C@H](O)[C@H](C)O1. The molecule has 0 unspecified atom stereocenters. The number of allylic oxidation sites excluding steroid dienone is 4. The smallest absolute Gasteiger partial charge is 0.331 e. The highest BCUT2D eigenvalue weighted by Crippen LogP contribution is 2.46. The van der Waals surface area contributed by atoms with E-state index in [1.54, 1.807) is 58.9 Å². The van der Waals surface area contributed by atoms with Gasteiger partial charge in [-0.2, -0.15) is 0 Å². The molecule has 0 aliphatic carbocycles. The van der Waals surface area contributed by atoms with Crippen LogP contribution < -0.4 is 0 Å². The highest BCUT2D eigenvalue weighted by molar-refractivity contribution is 5.83. The van der Waals surface area contributed by atoms with Gasteiger partial charge in [-0.25, -0.2) is 9.59 Å². The van der Waals surface area contributed by atoms with Gasteiger partial charge < -0.3 is 78.4 Å². The second-order valence-corrected chi connectivity index (χ2v) is 21.8. The molecule has 18 nitrogen and oxygen atoms in total. The molecular formula is C55H90O18. The molecule has 7 N–H and O–H groups in total. The van der Waals surface area contributed by atoms with Crippen LogP contribution in [0.4, 0.5) is 0 Å². The lowest BCUT2D eigenvalue weighted by Crippen LogP contribution is -2.60. The predicted octanol–water partition coefficient (Wildman–Crippen LogP) is 4.77. The average Bonchev–Trinajstić information content (AvgIpc) is 3.33. The molecule has 0 spiro atoms. The summed E-state index contributed by atoms with van der Waals surface area (Å²) in [4.78, 5) is 27.1. The summed E-state index contributed by atoms with van der Waals surface area (Å²) in [5.41, 5.74) is 0. The molecule has 5 heterocycles. The van der Waals surface area contributed by atoms with Crippen molar-refractivity contribution >= 4 is 11.9 Å². The van der Waals surface area contributed by atoms with Crippen LogP contribution in [0.5, 0.6) is 0 Å². The maximum atomic E-state index is 13.6. The molecule has 73 heavy (non-hydrogen) atoms. The number of hydrogen-bond acceptors (Lipinski definition) is 18. The van der Waals surface area contributed by atoms with Gasteiger partial charge in [0.15, 0.2) is 24.2 Å². The van der Waals surface area contributed by atoms with Crippen molar-refractivity contribution < 1.29 is 88.0 Å². The molecule has 0 bridgehead atoms. The van der Waals surface area contributed by atoms with E-state index >= 15 is 0 Å². The van der Waals surface area contributed by atoms with Gasteiger partial charge in [0.1, 0.15) is 24.4 Å². The first-order valence-electron chi connectivity index (χ1n) is 26.8. The van der Waals surface area contributed by atoms with Crippen LogP contribution in [-0.2, 0) is 52.2 Å². The van der Waals surface area contributed by atoms with E-state index in [0.717, 1.165) is 0 Å². The van der Waals surface area contributed by atoms with E-state index in [9.17, 15) is 45.3 Å². The van der Waals surface area contributed by atoms with E-state index in [2.05, 4.69) is 0 Å². The third-order valence-electron chi connectivity index (χ3n) is 16.8. The zero-order valence-corrected chi connectivity index (χ0v) is 45.3. The number of methoxy groups -OCH3 is 1. The van der Waals surface area contributed by atoms with Gasteiger partial charge >= 0.3 is 11.9 Å². The second kappa shape index (κ2) is 26.6. The maximum Gasteiger partial charge on any atom is 0.331 e. The Labute approximate surface area is 433 Å². The number of aliphatic hydroxyl groups is 7. The molecule has 5 aliphatic heterocycles. The van der Waals surface area contributed by atoms with Crippen LogP contribution in [0.2, 0.25) is 0 Å². The Morgan fingerprint density at radius 1 is 0.616 bits per heavy atom. The zero-order chi connectivity index (χ0) is 54.3. The standard InChI is InChI=1S/C55H90O18/c1-14-38-34(9)72-54(64,26-42(38)68-46-24-40(56)50(62)36(11)66-46)32(7)48(60)30(5)52-28(3)20-16-18-23-45(59)71-53(29(4)21-17-19-22-44(58)70-52)31(6)49(61)33(8)55(65-13)27-43(39(15-2)35(10)73-55)69-47-25-41(57)51(63)37(12)67-47/h16-23,28-43,46-53,56-57,60-64H,14-15,24-27H2,1-13H3/b20-16+,21-17+,22-19+,23-18+/t28-,29-,30-,31-,32-,33-,34+,35+,36-,37-,38+,39+,40-,41-,42+,43+,46-,47+,48+,49+,50+,51+,52-,53-,54+,55+/m0/s1. The fraction of sp³-hybridized carbons (Fsp3) is 0.818. The van der Waals surface area contributed by atoms with Gasteiger partial charge in [0.25, 0.3) is 0 Å². The normalized spacial score (nSPS) is 45.6. The van der Waals surface area contributed by atoms with Gasteiger partial charge in [-0.15, -0.1) is 0 Å². The third kappa shape index (κ3) is 14.7. The Bertz CT molecular complexity index is 1850. The van der Waals surface area contributed by atoms with Crippen molar-refractivity contribution in [3.8, 4) is 0 Å². The molecule has 0 aromatic carbocycles. The predicted molar refractivity (Wildman–Crippen MR) is 268 cm³/mol. The molecule has 0 amide bonds. The summed E-state index contributed by atoms with van der Waals surface area (Å²) >= 11 is 0. The molecule has 0 aromatic heterocycles. The molecule has 418 valence electrons. The van der Waals surface area contributed by atoms with E-state index in [1.165, 1.54) is 31.4 Å². The Kier molecular flexibility index (Phi) is 22.3. The molecule has 5 aliphatic rings. The summed E-state index contributed by atoms with van der Waals surface area (Å²) in [6.07, 6.45) is 0.882. The number of aliphatic hydroxyl groups excluding tert-OH is 6. The monoisotopic (exact) mass is 1040 g/mol. The fourth-order valence-corrected chi connectivity index (χ4v) is 11.9. The first-order valence-corrected chi connectivity index (χ1v) is 26.8. The van der Waals surface area contributed by atoms with Crippen molar-refractivity contribution in [2.24, 2.45) is 47.3 Å². The van der Waals surface area contributed by atoms with Crippen LogP contribution in [0, 0.1) is 47.3 Å². The van der Waals surface area contributed by atoms with Gasteiger partial charge in [-0.1, -0.05) is 91.8 Å². The highest BCUT2D eigenvalue weighted by Gasteiger charge is 2.55. The minimum Gasteiger partial charge on any atom is -0.458 e. The van der Waals surface area contributed by atoms with Gasteiger partial charge in [0.05, 0.1) is 61.0 Å². The lowest BCUT2D eigenvalue weighted by Gasteiger charge is -2.52. The minimum atomic E-state index is -1.87. The Morgan fingerprint density at radius 3 is 1.44 bits per heavy atom. The van der Waals surface area contributed by atoms with Crippen LogP contribution in [-0.4, -0.2) is 164 Å². The molecule has 0 aromatic rings. The van der Waals surface area contributed by atoms with Crippen molar-refractivity contribution in [3.63, 3.8) is 0 Å². The summed E-state index contributed by atoms with van der Waals surface area (Å²) < 4.78 is 56.0. The van der Waals surface area contributed by atoms with Crippen LogP contribution in [0.1, 0.15) is 122 Å². The molecule has 0 saturated carbocycles. The summed E-state index contributed by atoms with van der Waals surface area (Å²) in [6.45, 7) is 21.8. The third-order valence-corrected chi connectivity index (χ3v) is 16.8. The first-order chi connectivity index (χ1) is 34.3. The largest absolute Gasteiger partial charge is 0.458 e. The number of cyclic esters (lactones) is 2. The van der Waals surface area contributed by atoms with Gasteiger partial charge in [-0.05, 0) is 40.5 Å².